The summed E-state index contributed by atoms with van der Waals surface area (Å²) < 4.78 is 1.82. The van der Waals surface area contributed by atoms with Gasteiger partial charge >= 0.3 is 0 Å². The van der Waals surface area contributed by atoms with Crippen molar-refractivity contribution >= 4 is 17.3 Å². The summed E-state index contributed by atoms with van der Waals surface area (Å²) in [6.45, 7) is 4.44. The van der Waals surface area contributed by atoms with Gasteiger partial charge in [-0.25, -0.2) is 4.68 Å². The van der Waals surface area contributed by atoms with E-state index >= 15 is 0 Å². The summed E-state index contributed by atoms with van der Waals surface area (Å²) in [7, 11) is 0. The van der Waals surface area contributed by atoms with Crippen LogP contribution in [0.25, 0.3) is 5.69 Å². The molecule has 0 bridgehead atoms. The van der Waals surface area contributed by atoms with Gasteiger partial charge < -0.3 is 5.32 Å². The summed E-state index contributed by atoms with van der Waals surface area (Å²) in [4.78, 5) is 0. The van der Waals surface area contributed by atoms with Gasteiger partial charge in [0.2, 0.25) is 0 Å². The highest BCUT2D eigenvalue weighted by atomic mass is 35.5. The largest absolute Gasteiger partial charge is 0.381 e. The van der Waals surface area contributed by atoms with E-state index in [0.717, 1.165) is 17.8 Å². The summed E-state index contributed by atoms with van der Waals surface area (Å²) in [5, 5.41) is 8.62. The number of para-hydroxylation sites is 1. The fraction of sp³-hybridized carbons (Fsp3) is 0.438. The molecule has 0 amide bonds. The van der Waals surface area contributed by atoms with Crippen LogP contribution in [0.4, 0.5) is 5.69 Å². The molecule has 1 atom stereocenters. The molecular weight excluding hydrogens is 270 g/mol. The van der Waals surface area contributed by atoms with Gasteiger partial charge in [0.15, 0.2) is 0 Å². The molecule has 2 aromatic rings. The number of halogens is 1. The zero-order valence-corrected chi connectivity index (χ0v) is 12.9. The number of hydrogen-bond acceptors (Lipinski definition) is 2. The van der Waals surface area contributed by atoms with E-state index in [1.807, 2.05) is 29.1 Å². The average molecular weight is 292 g/mol. The second-order valence-corrected chi connectivity index (χ2v) is 5.39. The molecular formula is C16H22ClN3. The van der Waals surface area contributed by atoms with E-state index in [0.29, 0.717) is 11.1 Å². The number of unbranched alkanes of at least 4 members (excludes halogenated alkanes) is 1. The predicted octanol–water partition coefficient (Wildman–Crippen LogP) is 4.91. The van der Waals surface area contributed by atoms with Gasteiger partial charge in [-0.3, -0.25) is 0 Å². The Hall–Kier alpha value is -1.48. The number of anilines is 1. The van der Waals surface area contributed by atoms with Crippen LogP contribution in [0.1, 0.15) is 39.5 Å². The molecule has 0 fully saturated rings. The van der Waals surface area contributed by atoms with E-state index < -0.39 is 0 Å². The summed E-state index contributed by atoms with van der Waals surface area (Å²) in [5.41, 5.74) is 1.97. The molecule has 3 nitrogen and oxygen atoms in total. The molecule has 1 aromatic heterocycles. The first-order valence-corrected chi connectivity index (χ1v) is 7.69. The molecule has 1 N–H and O–H groups in total. The van der Waals surface area contributed by atoms with E-state index in [1.54, 1.807) is 6.20 Å². The summed E-state index contributed by atoms with van der Waals surface area (Å²) in [5.74, 6) is 0. The first-order valence-electron chi connectivity index (χ1n) is 7.31. The second kappa shape index (κ2) is 7.34. The SMILES string of the molecule is CCCCC(CC)Nc1cccc(Cl)c1-n1cccn1. The maximum Gasteiger partial charge on any atom is 0.106 e. The third-order valence-corrected chi connectivity index (χ3v) is 3.78. The summed E-state index contributed by atoms with van der Waals surface area (Å²) in [6, 6.07) is 8.32. The number of rotatable bonds is 7. The van der Waals surface area contributed by atoms with E-state index in [4.69, 9.17) is 11.6 Å². The molecule has 0 radical (unpaired) electrons. The molecule has 20 heavy (non-hydrogen) atoms. The van der Waals surface area contributed by atoms with Crippen LogP contribution in [0.3, 0.4) is 0 Å². The van der Waals surface area contributed by atoms with Crippen molar-refractivity contribution in [2.24, 2.45) is 0 Å². The van der Waals surface area contributed by atoms with Crippen molar-refractivity contribution in [3.05, 3.63) is 41.7 Å². The highest BCUT2D eigenvalue weighted by molar-refractivity contribution is 6.33. The zero-order chi connectivity index (χ0) is 14.4. The molecule has 0 saturated heterocycles. The van der Waals surface area contributed by atoms with Crippen molar-refractivity contribution in [3.8, 4) is 5.69 Å². The van der Waals surface area contributed by atoms with Crippen molar-refractivity contribution < 1.29 is 0 Å². The molecule has 2 rings (SSSR count). The van der Waals surface area contributed by atoms with Crippen LogP contribution in [-0.4, -0.2) is 15.8 Å². The summed E-state index contributed by atoms with van der Waals surface area (Å²) >= 11 is 6.35. The Morgan fingerprint density at radius 1 is 1.30 bits per heavy atom. The van der Waals surface area contributed by atoms with Gasteiger partial charge in [-0.2, -0.15) is 5.10 Å². The molecule has 108 valence electrons. The molecule has 0 aliphatic heterocycles. The van der Waals surface area contributed by atoms with Crippen LogP contribution in [0, 0.1) is 0 Å². The second-order valence-electron chi connectivity index (χ2n) is 4.98. The Balaban J connectivity index is 2.25. The van der Waals surface area contributed by atoms with Gasteiger partial charge in [-0.1, -0.05) is 44.4 Å². The van der Waals surface area contributed by atoms with E-state index in [1.165, 1.54) is 19.3 Å². The predicted molar refractivity (Wildman–Crippen MR) is 85.8 cm³/mol. The molecule has 0 saturated carbocycles. The van der Waals surface area contributed by atoms with Crippen LogP contribution >= 0.6 is 11.6 Å². The van der Waals surface area contributed by atoms with Crippen LogP contribution in [0.2, 0.25) is 5.02 Å². The molecule has 0 spiro atoms. The van der Waals surface area contributed by atoms with Crippen molar-refractivity contribution in [2.45, 2.75) is 45.6 Å². The average Bonchev–Trinajstić information content (AvgIpc) is 2.97. The third-order valence-electron chi connectivity index (χ3n) is 3.48. The van der Waals surface area contributed by atoms with E-state index in [-0.39, 0.29) is 0 Å². The highest BCUT2D eigenvalue weighted by Crippen LogP contribution is 2.29. The van der Waals surface area contributed by atoms with Crippen LogP contribution in [-0.2, 0) is 0 Å². The van der Waals surface area contributed by atoms with Crippen molar-refractivity contribution in [2.75, 3.05) is 5.32 Å². The molecule has 1 aromatic carbocycles. The van der Waals surface area contributed by atoms with Crippen molar-refractivity contribution in [1.82, 2.24) is 9.78 Å². The first-order chi connectivity index (χ1) is 9.76. The van der Waals surface area contributed by atoms with Crippen LogP contribution in [0.5, 0.6) is 0 Å². The maximum absolute atomic E-state index is 6.35. The van der Waals surface area contributed by atoms with Crippen molar-refractivity contribution in [1.29, 1.82) is 0 Å². The monoisotopic (exact) mass is 291 g/mol. The zero-order valence-electron chi connectivity index (χ0n) is 12.1. The Bertz CT molecular complexity index is 523. The Labute approximate surface area is 126 Å². The van der Waals surface area contributed by atoms with Gasteiger partial charge in [0, 0.05) is 18.4 Å². The fourth-order valence-corrected chi connectivity index (χ4v) is 2.58. The molecule has 1 heterocycles. The molecule has 1 unspecified atom stereocenters. The quantitative estimate of drug-likeness (QED) is 0.786. The Morgan fingerprint density at radius 3 is 2.80 bits per heavy atom. The van der Waals surface area contributed by atoms with E-state index in [9.17, 15) is 0 Å². The lowest BCUT2D eigenvalue weighted by atomic mass is 10.1. The number of benzene rings is 1. The van der Waals surface area contributed by atoms with Crippen molar-refractivity contribution in [3.63, 3.8) is 0 Å². The lowest BCUT2D eigenvalue weighted by molar-refractivity contribution is 0.593. The van der Waals surface area contributed by atoms with Gasteiger partial charge in [0.25, 0.3) is 0 Å². The minimum Gasteiger partial charge on any atom is -0.381 e. The number of hydrogen-bond donors (Lipinski definition) is 1. The Kier molecular flexibility index (Phi) is 5.48. The third kappa shape index (κ3) is 3.54. The fourth-order valence-electron chi connectivity index (χ4n) is 2.31. The minimum absolute atomic E-state index is 0.475. The Morgan fingerprint density at radius 2 is 2.15 bits per heavy atom. The normalized spacial score (nSPS) is 12.3. The first kappa shape index (κ1) is 14.9. The molecule has 0 aliphatic carbocycles. The van der Waals surface area contributed by atoms with Crippen LogP contribution < -0.4 is 5.32 Å². The maximum atomic E-state index is 6.35. The van der Waals surface area contributed by atoms with Gasteiger partial charge in [-0.15, -0.1) is 0 Å². The van der Waals surface area contributed by atoms with Gasteiger partial charge in [0.1, 0.15) is 5.69 Å². The topological polar surface area (TPSA) is 29.9 Å². The van der Waals surface area contributed by atoms with E-state index in [2.05, 4.69) is 30.3 Å². The number of aromatic nitrogens is 2. The van der Waals surface area contributed by atoms with Crippen LogP contribution in [0.15, 0.2) is 36.7 Å². The smallest absolute Gasteiger partial charge is 0.106 e. The van der Waals surface area contributed by atoms with Gasteiger partial charge in [0.05, 0.1) is 10.7 Å². The molecule has 4 heteroatoms. The minimum atomic E-state index is 0.475. The number of nitrogens with zero attached hydrogens (tertiary/aromatic N) is 2. The molecule has 0 aliphatic rings. The van der Waals surface area contributed by atoms with Gasteiger partial charge in [-0.05, 0) is 31.0 Å². The summed E-state index contributed by atoms with van der Waals surface area (Å²) in [6.07, 6.45) is 8.42. The lowest BCUT2D eigenvalue weighted by Gasteiger charge is -2.21. The standard InChI is InChI=1S/C16H22ClN3/c1-3-5-8-13(4-2)19-15-10-6-9-14(17)16(15)20-12-7-11-18-20/h6-7,9-13,19H,3-5,8H2,1-2H3. The number of nitrogens with one attached hydrogen (secondary N) is 1. The lowest BCUT2D eigenvalue weighted by Crippen LogP contribution is -2.19. The highest BCUT2D eigenvalue weighted by Gasteiger charge is 2.13.